The fourth-order valence-corrected chi connectivity index (χ4v) is 1.15. The van der Waals surface area contributed by atoms with Gasteiger partial charge in [0.15, 0.2) is 0 Å². The van der Waals surface area contributed by atoms with E-state index in [1.165, 1.54) is 0 Å². The van der Waals surface area contributed by atoms with Crippen LogP contribution in [0, 0.1) is 0 Å². The first kappa shape index (κ1) is 15.7. The highest BCUT2D eigenvalue weighted by Crippen LogP contribution is 2.10. The smallest absolute Gasteiger partial charge is 0.323 e. The monoisotopic (exact) mass is 213 g/mol. The highest BCUT2D eigenvalue weighted by atomic mass is 16.4. The van der Waals surface area contributed by atoms with Crippen LogP contribution in [0.4, 0.5) is 0 Å². The molecule has 0 aromatic heterocycles. The Morgan fingerprint density at radius 1 is 1.14 bits per heavy atom. The van der Waals surface area contributed by atoms with Gasteiger partial charge in [0.1, 0.15) is 18.2 Å². The van der Waals surface area contributed by atoms with Crippen LogP contribution in [0.3, 0.4) is 0 Å². The molecule has 0 saturated carbocycles. The van der Waals surface area contributed by atoms with Crippen molar-refractivity contribution < 1.29 is 36.2 Å². The molecule has 8 nitrogen and oxygen atoms in total. The van der Waals surface area contributed by atoms with Crippen molar-refractivity contribution in [1.29, 1.82) is 0 Å². The second kappa shape index (κ2) is 5.86. The number of hydrogen-bond donors (Lipinski definition) is 5. The highest BCUT2D eigenvalue weighted by Gasteiger charge is 2.39. The highest BCUT2D eigenvalue weighted by molar-refractivity contribution is 5.74. The van der Waals surface area contributed by atoms with Gasteiger partial charge in [-0.2, -0.15) is 0 Å². The summed E-state index contributed by atoms with van der Waals surface area (Å²) in [5.41, 5.74) is 0. The molecule has 8 heteroatoms. The zero-order valence-corrected chi connectivity index (χ0v) is 7.21. The van der Waals surface area contributed by atoms with Crippen LogP contribution < -0.4 is 5.32 Å². The van der Waals surface area contributed by atoms with Gasteiger partial charge in [0.05, 0.1) is 6.10 Å². The molecule has 0 radical (unpaired) electrons. The summed E-state index contributed by atoms with van der Waals surface area (Å²) in [7, 11) is 0. The van der Waals surface area contributed by atoms with Crippen molar-refractivity contribution in [2.75, 3.05) is 6.54 Å². The van der Waals surface area contributed by atoms with Crippen LogP contribution in [0.15, 0.2) is 0 Å². The summed E-state index contributed by atoms with van der Waals surface area (Å²) in [6.45, 7) is -0.0325. The number of aliphatic hydroxyl groups is 3. The molecular formula is C6H15NO7. The van der Waals surface area contributed by atoms with Crippen molar-refractivity contribution in [3.05, 3.63) is 0 Å². The number of rotatable bonds is 1. The van der Waals surface area contributed by atoms with Gasteiger partial charge in [-0.15, -0.1) is 0 Å². The minimum atomic E-state index is -1.47. The fourth-order valence-electron chi connectivity index (χ4n) is 1.15. The first-order valence-electron chi connectivity index (χ1n) is 3.54. The lowest BCUT2D eigenvalue weighted by Crippen LogP contribution is -2.62. The molecule has 1 heterocycles. The summed E-state index contributed by atoms with van der Waals surface area (Å²) >= 11 is 0. The molecule has 0 bridgehead atoms. The van der Waals surface area contributed by atoms with Crippen LogP contribution in [0.1, 0.15) is 0 Å². The molecule has 0 spiro atoms. The second-order valence-electron chi connectivity index (χ2n) is 2.77. The number of aliphatic carboxylic acids is 1. The van der Waals surface area contributed by atoms with Gasteiger partial charge in [-0.3, -0.25) is 10.1 Å². The van der Waals surface area contributed by atoms with E-state index in [9.17, 15) is 4.79 Å². The molecule has 1 rings (SSSR count). The zero-order valence-electron chi connectivity index (χ0n) is 7.21. The summed E-state index contributed by atoms with van der Waals surface area (Å²) in [6, 6.07) is -1.21. The molecule has 1 saturated heterocycles. The van der Waals surface area contributed by atoms with Crippen LogP contribution in [-0.4, -0.2) is 68.2 Å². The van der Waals surface area contributed by atoms with Gasteiger partial charge in [-0.25, -0.2) is 0 Å². The van der Waals surface area contributed by atoms with E-state index in [0.29, 0.717) is 0 Å². The maximum absolute atomic E-state index is 10.4. The van der Waals surface area contributed by atoms with Crippen molar-refractivity contribution in [1.82, 2.24) is 5.32 Å². The van der Waals surface area contributed by atoms with Gasteiger partial charge < -0.3 is 31.4 Å². The average molecular weight is 213 g/mol. The Hall–Kier alpha value is -0.770. The second-order valence-corrected chi connectivity index (χ2v) is 2.77. The molecule has 1 aliphatic rings. The van der Waals surface area contributed by atoms with E-state index in [2.05, 4.69) is 5.32 Å². The number of β-amino-alcohol motifs (C(OH)–C–C–N with tert-alkyl or cyclic N) is 1. The van der Waals surface area contributed by atoms with Gasteiger partial charge in [0, 0.05) is 6.54 Å². The minimum Gasteiger partial charge on any atom is -0.480 e. The largest absolute Gasteiger partial charge is 0.480 e. The van der Waals surface area contributed by atoms with E-state index in [0.717, 1.165) is 0 Å². The molecule has 1 aliphatic heterocycles. The predicted octanol–water partition coefficient (Wildman–Crippen LogP) is -4.52. The maximum atomic E-state index is 10.4. The molecule has 86 valence electrons. The van der Waals surface area contributed by atoms with Crippen molar-refractivity contribution in [3.63, 3.8) is 0 Å². The molecule has 1 fully saturated rings. The number of carboxylic acid groups (broad SMARTS) is 1. The van der Waals surface area contributed by atoms with E-state index >= 15 is 0 Å². The SMILES string of the molecule is O.O.O=C(O)[C@@H]1NC[C@H](O)[C@@H](O)[C@@H]1O. The minimum absolute atomic E-state index is 0. The standard InChI is InChI=1S/C6H11NO5.2H2O/c8-2-1-7-3(6(11)12)5(10)4(2)9;;/h2-5,7-10H,1H2,(H,11,12);2*1H2/t2-,3+,4+,5+;;/m0../s1. The Labute approximate surface area is 79.4 Å². The number of carboxylic acids is 1. The lowest BCUT2D eigenvalue weighted by Gasteiger charge is -2.33. The van der Waals surface area contributed by atoms with Gasteiger partial charge in [-0.05, 0) is 0 Å². The summed E-state index contributed by atoms with van der Waals surface area (Å²) in [5, 5.41) is 38.1. The van der Waals surface area contributed by atoms with Crippen LogP contribution in [0.5, 0.6) is 0 Å². The molecule has 0 aromatic rings. The molecular weight excluding hydrogens is 198 g/mol. The van der Waals surface area contributed by atoms with Gasteiger partial charge in [0.2, 0.25) is 0 Å². The van der Waals surface area contributed by atoms with Crippen molar-refractivity contribution >= 4 is 5.97 Å². The summed E-state index contributed by atoms with van der Waals surface area (Å²) in [4.78, 5) is 10.4. The third-order valence-electron chi connectivity index (χ3n) is 1.90. The topological polar surface area (TPSA) is 173 Å². The van der Waals surface area contributed by atoms with Crippen LogP contribution in [0.2, 0.25) is 0 Å². The Morgan fingerprint density at radius 3 is 2.07 bits per heavy atom. The summed E-state index contributed by atoms with van der Waals surface area (Å²) in [6.07, 6.45) is -3.98. The third kappa shape index (κ3) is 2.87. The molecule has 0 amide bonds. The number of carbonyl (C=O) groups is 1. The van der Waals surface area contributed by atoms with E-state index in [1.54, 1.807) is 0 Å². The molecule has 0 aliphatic carbocycles. The van der Waals surface area contributed by atoms with Gasteiger partial charge in [0.25, 0.3) is 0 Å². The maximum Gasteiger partial charge on any atom is 0.323 e. The zero-order chi connectivity index (χ0) is 9.30. The van der Waals surface area contributed by atoms with E-state index in [4.69, 9.17) is 20.4 Å². The average Bonchev–Trinajstić information content (AvgIpc) is 2.00. The summed E-state index contributed by atoms with van der Waals surface area (Å²) < 4.78 is 0. The first-order chi connectivity index (χ1) is 5.54. The molecule has 4 atom stereocenters. The van der Waals surface area contributed by atoms with Crippen LogP contribution >= 0.6 is 0 Å². The van der Waals surface area contributed by atoms with Crippen molar-refractivity contribution in [2.45, 2.75) is 24.4 Å². The van der Waals surface area contributed by atoms with E-state index in [1.807, 2.05) is 0 Å². The number of nitrogens with one attached hydrogen (secondary N) is 1. The summed E-state index contributed by atoms with van der Waals surface area (Å²) in [5.74, 6) is -1.24. The normalized spacial score (nSPS) is 36.5. The molecule has 0 unspecified atom stereocenters. The van der Waals surface area contributed by atoms with Gasteiger partial charge >= 0.3 is 5.97 Å². The lowest BCUT2D eigenvalue weighted by molar-refractivity contribution is -0.152. The Kier molecular flexibility index (Phi) is 6.56. The Balaban J connectivity index is 0. The first-order valence-corrected chi connectivity index (χ1v) is 3.54. The molecule has 9 N–H and O–H groups in total. The Morgan fingerprint density at radius 2 is 1.64 bits per heavy atom. The van der Waals surface area contributed by atoms with E-state index in [-0.39, 0.29) is 17.5 Å². The lowest BCUT2D eigenvalue weighted by atomic mass is 9.96. The Bertz CT molecular complexity index is 187. The molecule has 0 aromatic carbocycles. The number of piperidine rings is 1. The molecule has 14 heavy (non-hydrogen) atoms. The van der Waals surface area contributed by atoms with Gasteiger partial charge in [-0.1, -0.05) is 0 Å². The van der Waals surface area contributed by atoms with Crippen molar-refractivity contribution in [2.24, 2.45) is 0 Å². The van der Waals surface area contributed by atoms with Crippen LogP contribution in [0.25, 0.3) is 0 Å². The fraction of sp³-hybridized carbons (Fsp3) is 0.833. The van der Waals surface area contributed by atoms with E-state index < -0.39 is 30.3 Å². The van der Waals surface area contributed by atoms with Crippen molar-refractivity contribution in [3.8, 4) is 0 Å². The van der Waals surface area contributed by atoms with Crippen LogP contribution in [-0.2, 0) is 4.79 Å². The number of hydrogen-bond acceptors (Lipinski definition) is 5. The number of aliphatic hydroxyl groups excluding tert-OH is 3. The third-order valence-corrected chi connectivity index (χ3v) is 1.90. The predicted molar refractivity (Wildman–Crippen MR) is 44.7 cm³/mol. The quantitative estimate of drug-likeness (QED) is 0.293.